The van der Waals surface area contributed by atoms with E-state index in [1.54, 1.807) is 0 Å². The molecule has 4 heteroatoms. The Hall–Kier alpha value is 1.56. The first kappa shape index (κ1) is 9.56. The van der Waals surface area contributed by atoms with Gasteiger partial charge in [0, 0.05) is 0 Å². The van der Waals surface area contributed by atoms with Crippen LogP contribution in [-0.2, 0) is 0 Å². The molecule has 0 aromatic heterocycles. The van der Waals surface area contributed by atoms with Gasteiger partial charge in [-0.25, -0.2) is 0 Å². The van der Waals surface area contributed by atoms with Crippen LogP contribution in [0.2, 0.25) is 0 Å². The van der Waals surface area contributed by atoms with Crippen LogP contribution < -0.4 is 0 Å². The summed E-state index contributed by atoms with van der Waals surface area (Å²) < 4.78 is 3.22. The average molecular weight is 157 g/mol. The molecule has 0 radical (unpaired) electrons. The van der Waals surface area contributed by atoms with E-state index in [-0.39, 0.29) is 0 Å². The fraction of sp³-hybridized carbons (Fsp3) is 1.00. The zero-order valence-corrected chi connectivity index (χ0v) is 12.7. The topological polar surface area (TPSA) is 3.24 Å². The lowest BCUT2D eigenvalue weighted by Gasteiger charge is -2.35. The molecule has 0 rings (SSSR count). The molecule has 0 aromatic carbocycles. The van der Waals surface area contributed by atoms with Crippen LogP contribution >= 0.6 is 0 Å². The van der Waals surface area contributed by atoms with Gasteiger partial charge >= 0.3 is 0 Å². The Bertz CT molecular complexity index is 71.7. The second kappa shape index (κ2) is 3.66. The van der Waals surface area contributed by atoms with E-state index in [0.29, 0.717) is 4.40 Å². The van der Waals surface area contributed by atoms with Crippen molar-refractivity contribution in [3.05, 3.63) is 0 Å². The van der Waals surface area contributed by atoms with Gasteiger partial charge in [-0.05, 0) is 0 Å². The summed E-state index contributed by atoms with van der Waals surface area (Å²) in [5.41, 5.74) is 0. The van der Waals surface area contributed by atoms with E-state index >= 15 is 0 Å². The van der Waals surface area contributed by atoms with Gasteiger partial charge in [0.05, 0.1) is 0 Å². The van der Waals surface area contributed by atoms with Gasteiger partial charge in [-0.2, -0.15) is 0 Å². The van der Waals surface area contributed by atoms with E-state index in [4.69, 9.17) is 0 Å². The van der Waals surface area contributed by atoms with Crippen molar-refractivity contribution in [2.24, 2.45) is 0 Å². The van der Waals surface area contributed by atoms with E-state index in [1.165, 1.54) is 55.7 Å². The molecule has 0 aliphatic heterocycles. The van der Waals surface area contributed by atoms with Crippen LogP contribution in [0.25, 0.3) is 0 Å². The first-order chi connectivity index (χ1) is 3.50. The highest BCUT2D eigenvalue weighted by Gasteiger charge is 2.14. The van der Waals surface area contributed by atoms with E-state index in [0.717, 1.165) is 0 Å². The van der Waals surface area contributed by atoms with Gasteiger partial charge in [-0.3, -0.25) is 0 Å². The molecule has 0 aromatic rings. The van der Waals surface area contributed by atoms with Crippen LogP contribution in [0.1, 0.15) is 20.3 Å². The Kier molecular flexibility index (Phi) is 4.37. The highest BCUT2D eigenvalue weighted by molar-refractivity contribution is 6.31. The summed E-state index contributed by atoms with van der Waals surface area (Å²) in [5.74, 6) is 0. The van der Waals surface area contributed by atoms with Crippen molar-refractivity contribution in [2.75, 3.05) is 0 Å². The van der Waals surface area contributed by atoms with Crippen LogP contribution in [0.15, 0.2) is 0 Å². The van der Waals surface area contributed by atoms with Crippen molar-refractivity contribution in [3.8, 4) is 0 Å². The fourth-order valence-electron chi connectivity index (χ4n) is 0.316. The maximum Gasteiger partial charge on any atom is 0.298 e. The predicted molar refractivity (Wildman–Crippen MR) is 46.2 cm³/mol. The molecule has 0 N–H and O–H groups in total. The summed E-state index contributed by atoms with van der Waals surface area (Å²) in [4.78, 5) is 0. The minimum Gasteiger partial charge on any atom is -0.490 e. The van der Waals surface area contributed by atoms with Crippen molar-refractivity contribution in [1.29, 1.82) is 0 Å². The van der Waals surface area contributed by atoms with Gasteiger partial charge in [0.25, 0.3) is 33.0 Å². The summed E-state index contributed by atoms with van der Waals surface area (Å²) in [5, 5.41) is 0. The molecule has 1 atom stereocenters. The molecular weight excluding hydrogens is 143 g/mol. The zero-order valence-electron chi connectivity index (χ0n) is 6.65. The first-order valence-electron chi connectivity index (χ1n) is 3.18. The fourth-order valence-corrected chi connectivity index (χ4v) is 0.949. The van der Waals surface area contributed by atoms with Crippen molar-refractivity contribution >= 4 is 49.3 Å². The van der Waals surface area contributed by atoms with Crippen LogP contribution in [0, 0.1) is 0 Å². The molecule has 1 nitrogen and oxygen atoms in total. The molecule has 0 aliphatic rings. The predicted octanol–water partition coefficient (Wildman–Crippen LogP) is -1.86. The van der Waals surface area contributed by atoms with Crippen LogP contribution in [0.3, 0.4) is 0 Å². The van der Waals surface area contributed by atoms with Crippen molar-refractivity contribution in [2.45, 2.75) is 24.7 Å². The largest absolute Gasteiger partial charge is 0.490 e. The standard InChI is InChI=1S/C4H8N.3Al.6H/c1-3-4(2)5;;;;;;;;;/h3H2,1-2H3;;;;;;;;;. The lowest BCUT2D eigenvalue weighted by atomic mass is 10.3. The van der Waals surface area contributed by atoms with Crippen LogP contribution in [-0.4, -0.2) is 56.6 Å². The normalized spacial score (nSPS) is 18.4. The molecule has 0 heterocycles. The first-order valence-corrected chi connectivity index (χ1v) is 5.97. The molecule has 0 fully saturated rings. The van der Waals surface area contributed by atoms with Gasteiger partial charge < -0.3 is 2.87 Å². The van der Waals surface area contributed by atoms with Gasteiger partial charge in [-0.15, -0.1) is 0 Å². The second-order valence-electron chi connectivity index (χ2n) is 3.06. The molecule has 8 heavy (non-hydrogen) atoms. The van der Waals surface area contributed by atoms with Crippen molar-refractivity contribution in [3.63, 3.8) is 0 Å². The Balaban J connectivity index is 3.71. The summed E-state index contributed by atoms with van der Waals surface area (Å²) in [6.07, 6.45) is 1.34. The maximum absolute atomic E-state index is 2.58. The molecule has 0 saturated heterocycles. The molecule has 0 saturated carbocycles. The molecule has 0 spiro atoms. The lowest BCUT2D eigenvalue weighted by molar-refractivity contribution is 0.444. The number of hydrogen-bond donors (Lipinski definition) is 0. The average Bonchev–Trinajstić information content (AvgIpc) is 1.67. The third-order valence-corrected chi connectivity index (χ3v) is 7.89. The molecule has 0 aliphatic carbocycles. The summed E-state index contributed by atoms with van der Waals surface area (Å²) in [6.45, 7) is 4.66. The smallest absolute Gasteiger partial charge is 0.298 e. The Morgan fingerprint density at radius 1 is 1.50 bits per heavy atom. The van der Waals surface area contributed by atoms with Crippen LogP contribution in [0.4, 0.5) is 0 Å². The lowest BCUT2D eigenvalue weighted by Crippen LogP contribution is -2.43. The van der Waals surface area contributed by atoms with E-state index in [1.807, 2.05) is 0 Å². The van der Waals surface area contributed by atoms with Gasteiger partial charge in [-0.1, -0.05) is 24.7 Å². The van der Waals surface area contributed by atoms with Crippen LogP contribution in [0.5, 0.6) is 0 Å². The third kappa shape index (κ3) is 2.92. The molecule has 1 unspecified atom stereocenters. The number of nitrogens with zero attached hydrogens (tertiary/aromatic N) is 1. The zero-order chi connectivity index (χ0) is 6.78. The maximum atomic E-state index is 2.58. The van der Waals surface area contributed by atoms with Gasteiger partial charge in [0.1, 0.15) is 0 Å². The van der Waals surface area contributed by atoms with E-state index < -0.39 is 0 Å². The minimum atomic E-state index is 0.637. The van der Waals surface area contributed by atoms with Crippen molar-refractivity contribution < 1.29 is 0 Å². The number of rotatable bonds is 2. The Morgan fingerprint density at radius 3 is 1.88 bits per heavy atom. The molecular formula is C4H14Al3N. The summed E-state index contributed by atoms with van der Waals surface area (Å²) >= 11 is 3.86. The quantitative estimate of drug-likeness (QED) is 0.425. The number of hydrogen-bond acceptors (Lipinski definition) is 1. The monoisotopic (exact) mass is 157 g/mol. The summed E-state index contributed by atoms with van der Waals surface area (Å²) in [7, 11) is 0. The molecule has 0 amide bonds. The minimum absolute atomic E-state index is 0.637. The Morgan fingerprint density at radius 2 is 1.88 bits per heavy atom. The summed E-state index contributed by atoms with van der Waals surface area (Å²) in [6, 6.07) is 0. The highest BCUT2D eigenvalue weighted by Crippen LogP contribution is 2.07. The SMILES string of the molecule is CC[C](C)([AlH2])[N]([AlH2])[AlH2]. The Labute approximate surface area is 76.5 Å². The van der Waals surface area contributed by atoms with Gasteiger partial charge in [0.15, 0.2) is 0 Å². The van der Waals surface area contributed by atoms with Crippen molar-refractivity contribution in [1.82, 2.24) is 2.87 Å². The highest BCUT2D eigenvalue weighted by atomic mass is 27.1. The van der Waals surface area contributed by atoms with E-state index in [9.17, 15) is 0 Å². The molecule has 0 bridgehead atoms. The van der Waals surface area contributed by atoms with E-state index in [2.05, 4.69) is 16.7 Å². The third-order valence-electron chi connectivity index (χ3n) is 2.08. The molecule has 44 valence electrons. The van der Waals surface area contributed by atoms with Gasteiger partial charge in [0.2, 0.25) is 16.3 Å². The second-order valence-corrected chi connectivity index (χ2v) is 9.69.